The van der Waals surface area contributed by atoms with E-state index in [1.54, 1.807) is 11.0 Å². The number of halogens is 1. The van der Waals surface area contributed by atoms with Gasteiger partial charge in [0.2, 0.25) is 5.91 Å². The second-order valence-electron chi connectivity index (χ2n) is 8.35. The van der Waals surface area contributed by atoms with Crippen molar-refractivity contribution in [2.45, 2.75) is 13.8 Å². The fraction of sp³-hybridized carbons (Fsp3) is 0.346. The van der Waals surface area contributed by atoms with Crippen LogP contribution in [0.15, 0.2) is 57.9 Å². The first-order chi connectivity index (χ1) is 16.9. The lowest BCUT2D eigenvalue weighted by atomic mass is 10.1. The Labute approximate surface area is 218 Å². The molecular weight excluding hydrogens is 528 g/mol. The summed E-state index contributed by atoms with van der Waals surface area (Å²) in [7, 11) is 0. The number of hydrogen-bond donors (Lipinski definition) is 0. The predicted octanol–water partition coefficient (Wildman–Crippen LogP) is 4.68. The van der Waals surface area contributed by atoms with Gasteiger partial charge in [0.1, 0.15) is 6.54 Å². The Morgan fingerprint density at radius 3 is 2.34 bits per heavy atom. The van der Waals surface area contributed by atoms with Crippen molar-refractivity contribution >= 4 is 62.2 Å². The van der Waals surface area contributed by atoms with E-state index in [4.69, 9.17) is 0 Å². The summed E-state index contributed by atoms with van der Waals surface area (Å²) in [6.45, 7) is 8.32. The van der Waals surface area contributed by atoms with Crippen LogP contribution in [0.1, 0.15) is 19.4 Å². The molecule has 4 rings (SSSR count). The highest BCUT2D eigenvalue weighted by atomic mass is 79.9. The number of imide groups is 1. The van der Waals surface area contributed by atoms with Gasteiger partial charge in [0.15, 0.2) is 0 Å². The van der Waals surface area contributed by atoms with E-state index >= 15 is 0 Å². The first-order valence-corrected chi connectivity index (χ1v) is 13.4. The van der Waals surface area contributed by atoms with Crippen LogP contribution < -0.4 is 9.80 Å². The molecule has 0 spiro atoms. The lowest BCUT2D eigenvalue weighted by Crippen LogP contribution is -2.51. The molecule has 0 N–H and O–H groups in total. The first kappa shape index (κ1) is 25.3. The largest absolute Gasteiger partial charge is 0.371 e. The average molecular weight is 558 g/mol. The van der Waals surface area contributed by atoms with Gasteiger partial charge >= 0.3 is 0 Å². The van der Waals surface area contributed by atoms with Crippen LogP contribution in [0.25, 0.3) is 6.08 Å². The Morgan fingerprint density at radius 1 is 1.03 bits per heavy atom. The van der Waals surface area contributed by atoms with Crippen LogP contribution in [-0.4, -0.2) is 72.7 Å². The zero-order chi connectivity index (χ0) is 24.9. The Hall–Kier alpha value is -2.78. The van der Waals surface area contributed by atoms with E-state index in [2.05, 4.69) is 51.7 Å². The minimum atomic E-state index is -0.416. The van der Waals surface area contributed by atoms with E-state index in [-0.39, 0.29) is 12.5 Å². The number of thioether (sulfide) groups is 1. The molecule has 0 atom stereocenters. The smallest absolute Gasteiger partial charge is 0.294 e. The van der Waals surface area contributed by atoms with Crippen molar-refractivity contribution in [3.05, 3.63) is 63.5 Å². The molecule has 0 bridgehead atoms. The number of hydrogen-bond acceptors (Lipinski definition) is 6. The van der Waals surface area contributed by atoms with E-state index in [1.165, 1.54) is 0 Å². The summed E-state index contributed by atoms with van der Waals surface area (Å²) in [5.74, 6) is -0.618. The van der Waals surface area contributed by atoms with E-state index < -0.39 is 11.1 Å². The molecule has 3 amide bonds. The maximum atomic E-state index is 12.9. The molecule has 184 valence electrons. The zero-order valence-electron chi connectivity index (χ0n) is 19.9. The molecule has 0 aliphatic carbocycles. The van der Waals surface area contributed by atoms with E-state index in [9.17, 15) is 14.4 Å². The molecule has 35 heavy (non-hydrogen) atoms. The Kier molecular flexibility index (Phi) is 8.18. The molecular formula is C26H29BrN4O3S. The predicted molar refractivity (Wildman–Crippen MR) is 146 cm³/mol. The molecule has 0 unspecified atom stereocenters. The Morgan fingerprint density at radius 2 is 1.71 bits per heavy atom. The van der Waals surface area contributed by atoms with Crippen LogP contribution in [0.3, 0.4) is 0 Å². The number of carbonyl (C=O) groups excluding carboxylic acids is 3. The normalized spacial score (nSPS) is 17.5. The third kappa shape index (κ3) is 5.73. The summed E-state index contributed by atoms with van der Waals surface area (Å²) >= 11 is 4.50. The van der Waals surface area contributed by atoms with Gasteiger partial charge in [-0.15, -0.1) is 0 Å². The van der Waals surface area contributed by atoms with Gasteiger partial charge < -0.3 is 14.7 Å². The summed E-state index contributed by atoms with van der Waals surface area (Å²) in [6, 6.07) is 16.0. The van der Waals surface area contributed by atoms with Crippen LogP contribution in [0, 0.1) is 0 Å². The summed E-state index contributed by atoms with van der Waals surface area (Å²) in [6.07, 6.45) is 1.71. The highest BCUT2D eigenvalue weighted by Crippen LogP contribution is 2.34. The van der Waals surface area contributed by atoms with Crippen molar-refractivity contribution in [2.24, 2.45) is 0 Å². The van der Waals surface area contributed by atoms with Gasteiger partial charge in [-0.05, 0) is 77.4 Å². The third-order valence-corrected chi connectivity index (χ3v) is 7.84. The minimum Gasteiger partial charge on any atom is -0.371 e. The molecule has 0 aromatic heterocycles. The molecule has 0 saturated carbocycles. The fourth-order valence-corrected chi connectivity index (χ4v) is 5.80. The Bertz CT molecular complexity index is 1130. The number of nitrogens with zero attached hydrogens (tertiary/aromatic N) is 4. The second-order valence-corrected chi connectivity index (χ2v) is 10.2. The van der Waals surface area contributed by atoms with Gasteiger partial charge in [0, 0.05) is 49.4 Å². The van der Waals surface area contributed by atoms with Gasteiger partial charge in [-0.3, -0.25) is 19.3 Å². The molecule has 2 aromatic carbocycles. The number of benzene rings is 2. The lowest BCUT2D eigenvalue weighted by molar-refractivity contribution is -0.136. The number of anilines is 2. The minimum absolute atomic E-state index is 0.201. The monoisotopic (exact) mass is 556 g/mol. The molecule has 0 radical (unpaired) electrons. The van der Waals surface area contributed by atoms with Gasteiger partial charge in [-0.25, -0.2) is 0 Å². The van der Waals surface area contributed by atoms with Crippen LogP contribution >= 0.6 is 27.7 Å². The van der Waals surface area contributed by atoms with E-state index in [0.29, 0.717) is 18.0 Å². The molecule has 7 nitrogen and oxygen atoms in total. The van der Waals surface area contributed by atoms with Gasteiger partial charge in [-0.2, -0.15) is 0 Å². The van der Waals surface area contributed by atoms with E-state index in [1.807, 2.05) is 36.4 Å². The molecule has 2 fully saturated rings. The van der Waals surface area contributed by atoms with Crippen molar-refractivity contribution in [3.63, 3.8) is 0 Å². The van der Waals surface area contributed by atoms with Crippen molar-refractivity contribution in [1.82, 2.24) is 9.80 Å². The second kappa shape index (κ2) is 11.3. The summed E-state index contributed by atoms with van der Waals surface area (Å²) < 4.78 is 0.930. The van der Waals surface area contributed by atoms with Crippen molar-refractivity contribution in [2.75, 3.05) is 55.6 Å². The third-order valence-electron chi connectivity index (χ3n) is 6.29. The van der Waals surface area contributed by atoms with Gasteiger partial charge in [0.25, 0.3) is 11.1 Å². The molecule has 2 aromatic rings. The van der Waals surface area contributed by atoms with Crippen LogP contribution in [0.5, 0.6) is 0 Å². The maximum Gasteiger partial charge on any atom is 0.294 e. The van der Waals surface area contributed by atoms with Gasteiger partial charge in [-0.1, -0.05) is 24.3 Å². The zero-order valence-corrected chi connectivity index (χ0v) is 22.3. The topological polar surface area (TPSA) is 64.2 Å². The number of amides is 3. The first-order valence-electron chi connectivity index (χ1n) is 11.8. The van der Waals surface area contributed by atoms with Crippen LogP contribution in [-0.2, 0) is 9.59 Å². The molecule has 2 heterocycles. The van der Waals surface area contributed by atoms with Crippen molar-refractivity contribution in [3.8, 4) is 0 Å². The number of rotatable bonds is 7. The average Bonchev–Trinajstić information content (AvgIpc) is 3.13. The molecule has 2 saturated heterocycles. The molecule has 2 aliphatic rings. The molecule has 2 aliphatic heterocycles. The van der Waals surface area contributed by atoms with Crippen molar-refractivity contribution < 1.29 is 14.4 Å². The summed E-state index contributed by atoms with van der Waals surface area (Å²) in [5.41, 5.74) is 3.03. The highest BCUT2D eigenvalue weighted by Gasteiger charge is 2.37. The van der Waals surface area contributed by atoms with Crippen molar-refractivity contribution in [1.29, 1.82) is 0 Å². The number of para-hydroxylation sites is 1. The molecule has 9 heteroatoms. The lowest BCUT2D eigenvalue weighted by Gasteiger charge is -2.36. The summed E-state index contributed by atoms with van der Waals surface area (Å²) in [4.78, 5) is 46.0. The quantitative estimate of drug-likeness (QED) is 0.461. The summed E-state index contributed by atoms with van der Waals surface area (Å²) in [5, 5.41) is -0.406. The van der Waals surface area contributed by atoms with Crippen LogP contribution in [0.2, 0.25) is 0 Å². The Balaban J connectivity index is 1.38. The number of carbonyl (C=O) groups is 3. The highest BCUT2D eigenvalue weighted by molar-refractivity contribution is 9.10. The standard InChI is InChI=1S/C26H29BrN4O3S/c1-3-28(4-2)22-11-10-19(16-21(22)27)17-23-25(33)31(26(34)35-23)18-24(32)30-14-12-29(13-15-30)20-8-6-5-7-9-20/h5-11,16-17H,3-4,12-15,18H2,1-2H3/b23-17+. The van der Waals surface area contributed by atoms with E-state index in [0.717, 1.165) is 64.3 Å². The van der Waals surface area contributed by atoms with Crippen LogP contribution in [0.4, 0.5) is 16.2 Å². The fourth-order valence-electron chi connectivity index (χ4n) is 4.31. The number of piperazine rings is 1. The SMILES string of the molecule is CCN(CC)c1ccc(/C=C2/SC(=O)N(CC(=O)N3CCN(c4ccccc4)CC3)C2=O)cc1Br. The van der Waals surface area contributed by atoms with Gasteiger partial charge in [0.05, 0.1) is 10.6 Å². The maximum absolute atomic E-state index is 12.9.